The van der Waals surface area contributed by atoms with Crippen molar-refractivity contribution in [2.24, 2.45) is 5.92 Å². The van der Waals surface area contributed by atoms with E-state index in [1.807, 2.05) is 6.07 Å². The molecule has 6 heteroatoms. The van der Waals surface area contributed by atoms with E-state index < -0.39 is 0 Å². The quantitative estimate of drug-likeness (QED) is 0.543. The van der Waals surface area contributed by atoms with Gasteiger partial charge in [0.05, 0.1) is 13.1 Å². The highest BCUT2D eigenvalue weighted by Crippen LogP contribution is 2.31. The number of carbonyl (C=O) groups excluding carboxylic acids is 1. The Morgan fingerprint density at radius 3 is 2.82 bits per heavy atom. The van der Waals surface area contributed by atoms with Crippen molar-refractivity contribution in [1.82, 2.24) is 5.32 Å². The van der Waals surface area contributed by atoms with Gasteiger partial charge >= 0.3 is 0 Å². The summed E-state index contributed by atoms with van der Waals surface area (Å²) in [6.07, 6.45) is 2.00. The molecule has 1 heterocycles. The van der Waals surface area contributed by atoms with E-state index in [9.17, 15) is 4.79 Å². The maximum Gasteiger partial charge on any atom is 0.253 e. The molecule has 17 heavy (non-hydrogen) atoms. The van der Waals surface area contributed by atoms with Crippen molar-refractivity contribution >= 4 is 60.7 Å². The van der Waals surface area contributed by atoms with Crippen molar-refractivity contribution in [1.29, 1.82) is 0 Å². The highest BCUT2D eigenvalue weighted by Gasteiger charge is 2.12. The van der Waals surface area contributed by atoms with Gasteiger partial charge < -0.3 is 5.32 Å². The van der Waals surface area contributed by atoms with Crippen molar-refractivity contribution in [3.05, 3.63) is 19.2 Å². The van der Waals surface area contributed by atoms with Crippen LogP contribution in [0.5, 0.6) is 0 Å². The molecule has 0 radical (unpaired) electrons. The molecule has 0 saturated carbocycles. The molecule has 96 valence electrons. The molecule has 0 spiro atoms. The molecule has 1 unspecified atom stereocenters. The standard InChI is InChI=1S/C11H14Br2ClNOS/c1-7(6-14)3-2-4-15-11(16)8-5-9(12)17-10(8)13/h5,7H,2-4,6H2,1H3,(H,15,16). The number of amides is 1. The van der Waals surface area contributed by atoms with Gasteiger partial charge in [0.1, 0.15) is 0 Å². The van der Waals surface area contributed by atoms with Crippen molar-refractivity contribution in [3.8, 4) is 0 Å². The topological polar surface area (TPSA) is 29.1 Å². The van der Waals surface area contributed by atoms with Crippen LogP contribution in [0.3, 0.4) is 0 Å². The number of nitrogens with one attached hydrogen (secondary N) is 1. The van der Waals surface area contributed by atoms with Crippen LogP contribution in [0, 0.1) is 5.92 Å². The van der Waals surface area contributed by atoms with Crippen molar-refractivity contribution < 1.29 is 4.79 Å². The number of carbonyl (C=O) groups is 1. The van der Waals surface area contributed by atoms with Gasteiger partial charge in [-0.1, -0.05) is 6.92 Å². The van der Waals surface area contributed by atoms with Crippen LogP contribution in [0.15, 0.2) is 13.6 Å². The monoisotopic (exact) mass is 401 g/mol. The fraction of sp³-hybridized carbons (Fsp3) is 0.545. The van der Waals surface area contributed by atoms with E-state index in [1.165, 1.54) is 11.3 Å². The number of alkyl halides is 1. The largest absolute Gasteiger partial charge is 0.352 e. The summed E-state index contributed by atoms with van der Waals surface area (Å²) in [6.45, 7) is 2.81. The fourth-order valence-electron chi connectivity index (χ4n) is 1.32. The highest BCUT2D eigenvalue weighted by atomic mass is 79.9. The smallest absolute Gasteiger partial charge is 0.253 e. The predicted molar refractivity (Wildman–Crippen MR) is 81.2 cm³/mol. The van der Waals surface area contributed by atoms with E-state index in [-0.39, 0.29) is 5.91 Å². The maximum atomic E-state index is 11.8. The van der Waals surface area contributed by atoms with E-state index in [4.69, 9.17) is 11.6 Å². The fourth-order valence-corrected chi connectivity index (χ4v) is 4.27. The summed E-state index contributed by atoms with van der Waals surface area (Å²) < 4.78 is 1.81. The summed E-state index contributed by atoms with van der Waals surface area (Å²) in [5.74, 6) is 1.16. The summed E-state index contributed by atoms with van der Waals surface area (Å²) in [5.41, 5.74) is 0.687. The van der Waals surface area contributed by atoms with Crippen LogP contribution in [-0.4, -0.2) is 18.3 Å². The van der Waals surface area contributed by atoms with E-state index in [1.54, 1.807) is 0 Å². The number of rotatable bonds is 6. The van der Waals surface area contributed by atoms with Gasteiger partial charge in [-0.15, -0.1) is 22.9 Å². The SMILES string of the molecule is CC(CCl)CCCNC(=O)c1cc(Br)sc1Br. The van der Waals surface area contributed by atoms with Gasteiger partial charge in [-0.25, -0.2) is 0 Å². The zero-order valence-electron chi connectivity index (χ0n) is 9.43. The Morgan fingerprint density at radius 1 is 1.59 bits per heavy atom. The van der Waals surface area contributed by atoms with Gasteiger partial charge in [-0.3, -0.25) is 4.79 Å². The molecule has 0 fully saturated rings. The average molecular weight is 404 g/mol. The zero-order valence-corrected chi connectivity index (χ0v) is 14.2. The number of hydrogen-bond donors (Lipinski definition) is 1. The minimum Gasteiger partial charge on any atom is -0.352 e. The van der Waals surface area contributed by atoms with Crippen LogP contribution in [0.25, 0.3) is 0 Å². The second-order valence-electron chi connectivity index (χ2n) is 3.90. The Morgan fingerprint density at radius 2 is 2.29 bits per heavy atom. The summed E-state index contributed by atoms with van der Waals surface area (Å²) in [6, 6.07) is 1.82. The molecular weight excluding hydrogens is 389 g/mol. The minimum atomic E-state index is -0.0302. The molecule has 0 aliphatic heterocycles. The second kappa shape index (κ2) is 7.77. The average Bonchev–Trinajstić information content (AvgIpc) is 2.63. The van der Waals surface area contributed by atoms with E-state index in [2.05, 4.69) is 44.1 Å². The Labute approximate surface area is 127 Å². The number of halogens is 3. The molecule has 1 aromatic rings. The Balaban J connectivity index is 2.33. The molecule has 2 nitrogen and oxygen atoms in total. The first-order valence-electron chi connectivity index (χ1n) is 5.33. The van der Waals surface area contributed by atoms with E-state index in [0.29, 0.717) is 23.9 Å². The molecule has 0 aliphatic rings. The zero-order chi connectivity index (χ0) is 12.8. The van der Waals surface area contributed by atoms with Gasteiger partial charge in [-0.2, -0.15) is 0 Å². The summed E-state index contributed by atoms with van der Waals surface area (Å²) >= 11 is 13.9. The third kappa shape index (κ3) is 5.28. The van der Waals surface area contributed by atoms with Gasteiger partial charge in [0.2, 0.25) is 0 Å². The van der Waals surface area contributed by atoms with Gasteiger partial charge in [0.15, 0.2) is 0 Å². The van der Waals surface area contributed by atoms with Gasteiger partial charge in [-0.05, 0) is 56.7 Å². The molecule has 1 rings (SSSR count). The van der Waals surface area contributed by atoms with Crippen LogP contribution >= 0.6 is 54.8 Å². The van der Waals surface area contributed by atoms with Crippen molar-refractivity contribution in [2.45, 2.75) is 19.8 Å². The molecule has 0 bridgehead atoms. The van der Waals surface area contributed by atoms with Gasteiger partial charge in [0.25, 0.3) is 5.91 Å². The van der Waals surface area contributed by atoms with Crippen LogP contribution < -0.4 is 5.32 Å². The lowest BCUT2D eigenvalue weighted by Crippen LogP contribution is -2.24. The van der Waals surface area contributed by atoms with E-state index in [0.717, 1.165) is 20.4 Å². The van der Waals surface area contributed by atoms with Gasteiger partial charge in [0, 0.05) is 12.4 Å². The lowest BCUT2D eigenvalue weighted by atomic mass is 10.1. The summed E-state index contributed by atoms with van der Waals surface area (Å²) in [4.78, 5) is 11.8. The first-order valence-corrected chi connectivity index (χ1v) is 8.27. The third-order valence-electron chi connectivity index (χ3n) is 2.32. The van der Waals surface area contributed by atoms with Crippen molar-refractivity contribution in [3.63, 3.8) is 0 Å². The maximum absolute atomic E-state index is 11.8. The Kier molecular flexibility index (Phi) is 7.07. The first kappa shape index (κ1) is 15.5. The molecule has 1 amide bonds. The van der Waals surface area contributed by atoms with Crippen LogP contribution in [0.4, 0.5) is 0 Å². The predicted octanol–water partition coefficient (Wildman–Crippen LogP) is 4.66. The Hall–Kier alpha value is 0.420. The minimum absolute atomic E-state index is 0.0302. The molecule has 0 saturated heterocycles. The first-order chi connectivity index (χ1) is 8.04. The highest BCUT2D eigenvalue weighted by molar-refractivity contribution is 9.12. The molecule has 1 aromatic heterocycles. The Bertz CT molecular complexity index is 384. The van der Waals surface area contributed by atoms with Crippen LogP contribution in [0.2, 0.25) is 0 Å². The van der Waals surface area contributed by atoms with Crippen molar-refractivity contribution in [2.75, 3.05) is 12.4 Å². The molecule has 0 aliphatic carbocycles. The summed E-state index contributed by atoms with van der Waals surface area (Å²) in [5, 5.41) is 2.91. The second-order valence-corrected chi connectivity index (χ2v) is 7.95. The number of thiophene rings is 1. The van der Waals surface area contributed by atoms with Crippen LogP contribution in [0.1, 0.15) is 30.1 Å². The lowest BCUT2D eigenvalue weighted by molar-refractivity contribution is 0.0952. The van der Waals surface area contributed by atoms with Crippen LogP contribution in [-0.2, 0) is 0 Å². The number of hydrogen-bond acceptors (Lipinski definition) is 2. The molecule has 1 atom stereocenters. The lowest BCUT2D eigenvalue weighted by Gasteiger charge is -2.07. The molecular formula is C11H14Br2ClNOS. The molecule has 0 aromatic carbocycles. The molecule has 1 N–H and O–H groups in total. The van der Waals surface area contributed by atoms with E-state index >= 15 is 0 Å². The third-order valence-corrected chi connectivity index (χ3v) is 5.19. The normalized spacial score (nSPS) is 12.5. The summed E-state index contributed by atoms with van der Waals surface area (Å²) in [7, 11) is 0.